The molecule has 0 atom stereocenters. The van der Waals surface area contributed by atoms with Crippen LogP contribution in [0.3, 0.4) is 0 Å². The smallest absolute Gasteiger partial charge is 0.148 e. The van der Waals surface area contributed by atoms with Gasteiger partial charge in [-0.1, -0.05) is 26.7 Å². The average Bonchev–Trinajstić information content (AvgIpc) is 2.90. The van der Waals surface area contributed by atoms with E-state index in [1.807, 2.05) is 6.92 Å². The van der Waals surface area contributed by atoms with Crippen molar-refractivity contribution in [3.05, 3.63) is 11.9 Å². The molecule has 0 amide bonds. The van der Waals surface area contributed by atoms with Gasteiger partial charge in [-0.05, 0) is 25.7 Å². The summed E-state index contributed by atoms with van der Waals surface area (Å²) in [6, 6.07) is 0.613. The zero-order valence-electron chi connectivity index (χ0n) is 12.2. The molecule has 19 heavy (non-hydrogen) atoms. The van der Waals surface area contributed by atoms with Crippen molar-refractivity contribution in [3.63, 3.8) is 0 Å². The molecule has 1 aromatic rings. The van der Waals surface area contributed by atoms with Gasteiger partial charge in [0, 0.05) is 18.2 Å². The fourth-order valence-corrected chi connectivity index (χ4v) is 2.89. The highest BCUT2D eigenvalue weighted by molar-refractivity contribution is 5.58. The predicted molar refractivity (Wildman–Crippen MR) is 79.0 cm³/mol. The molecule has 3 N–H and O–H groups in total. The first-order valence-corrected chi connectivity index (χ1v) is 7.18. The molecule has 1 fully saturated rings. The summed E-state index contributed by atoms with van der Waals surface area (Å²) in [7, 11) is 0. The Labute approximate surface area is 115 Å². The van der Waals surface area contributed by atoms with E-state index in [4.69, 9.17) is 5.84 Å². The molecule has 0 aliphatic heterocycles. The van der Waals surface area contributed by atoms with E-state index in [-0.39, 0.29) is 0 Å². The Bertz CT molecular complexity index is 412. The Morgan fingerprint density at radius 3 is 2.63 bits per heavy atom. The van der Waals surface area contributed by atoms with Crippen LogP contribution in [0.4, 0.5) is 11.6 Å². The molecule has 0 radical (unpaired) electrons. The second-order valence-corrected chi connectivity index (χ2v) is 5.80. The van der Waals surface area contributed by atoms with Crippen LogP contribution in [0.25, 0.3) is 0 Å². The van der Waals surface area contributed by atoms with Crippen molar-refractivity contribution in [2.45, 2.75) is 52.5 Å². The SMILES string of the molecule is Cc1c(NN)ncnc1N(CC(C)C)C1CCCC1. The lowest BCUT2D eigenvalue weighted by Gasteiger charge is -2.33. The Morgan fingerprint density at radius 2 is 2.05 bits per heavy atom. The van der Waals surface area contributed by atoms with Crippen molar-refractivity contribution < 1.29 is 0 Å². The van der Waals surface area contributed by atoms with Gasteiger partial charge in [-0.3, -0.25) is 0 Å². The molecular formula is C14H25N5. The lowest BCUT2D eigenvalue weighted by molar-refractivity contribution is 0.530. The molecule has 5 nitrogen and oxygen atoms in total. The van der Waals surface area contributed by atoms with Crippen LogP contribution in [0.15, 0.2) is 6.33 Å². The molecule has 1 heterocycles. The average molecular weight is 263 g/mol. The van der Waals surface area contributed by atoms with Gasteiger partial charge >= 0.3 is 0 Å². The van der Waals surface area contributed by atoms with Crippen LogP contribution in [-0.4, -0.2) is 22.6 Å². The molecule has 1 aliphatic rings. The van der Waals surface area contributed by atoms with Crippen molar-refractivity contribution in [1.29, 1.82) is 0 Å². The number of rotatable bonds is 5. The molecule has 1 aromatic heterocycles. The van der Waals surface area contributed by atoms with Gasteiger partial charge in [0.05, 0.1) is 0 Å². The zero-order valence-corrected chi connectivity index (χ0v) is 12.2. The molecule has 0 aromatic carbocycles. The monoisotopic (exact) mass is 263 g/mol. The van der Waals surface area contributed by atoms with E-state index in [0.717, 1.165) is 23.7 Å². The van der Waals surface area contributed by atoms with Crippen molar-refractivity contribution in [3.8, 4) is 0 Å². The number of anilines is 2. The van der Waals surface area contributed by atoms with Crippen LogP contribution in [0.1, 0.15) is 45.1 Å². The number of hydrogen-bond donors (Lipinski definition) is 2. The van der Waals surface area contributed by atoms with Crippen LogP contribution >= 0.6 is 0 Å². The zero-order chi connectivity index (χ0) is 13.8. The quantitative estimate of drug-likeness (QED) is 0.631. The van der Waals surface area contributed by atoms with Crippen molar-refractivity contribution >= 4 is 11.6 Å². The summed E-state index contributed by atoms with van der Waals surface area (Å²) in [5, 5.41) is 0. The number of hydrogen-bond acceptors (Lipinski definition) is 5. The minimum atomic E-state index is 0.613. The van der Waals surface area contributed by atoms with E-state index in [2.05, 4.69) is 34.1 Å². The van der Waals surface area contributed by atoms with Crippen molar-refractivity contribution in [2.24, 2.45) is 11.8 Å². The van der Waals surface area contributed by atoms with E-state index < -0.39 is 0 Å². The third-order valence-electron chi connectivity index (χ3n) is 3.79. The first kappa shape index (κ1) is 14.1. The molecule has 0 unspecified atom stereocenters. The van der Waals surface area contributed by atoms with E-state index in [9.17, 15) is 0 Å². The fourth-order valence-electron chi connectivity index (χ4n) is 2.89. The number of nitrogens with one attached hydrogen (secondary N) is 1. The second-order valence-electron chi connectivity index (χ2n) is 5.80. The van der Waals surface area contributed by atoms with Gasteiger partial charge in [-0.2, -0.15) is 0 Å². The molecular weight excluding hydrogens is 238 g/mol. The van der Waals surface area contributed by atoms with E-state index >= 15 is 0 Å². The lowest BCUT2D eigenvalue weighted by Crippen LogP contribution is -2.37. The maximum atomic E-state index is 5.52. The largest absolute Gasteiger partial charge is 0.353 e. The van der Waals surface area contributed by atoms with Crippen LogP contribution in [0, 0.1) is 12.8 Å². The molecule has 0 spiro atoms. The molecule has 2 rings (SSSR count). The van der Waals surface area contributed by atoms with Gasteiger partial charge < -0.3 is 10.3 Å². The number of aromatic nitrogens is 2. The number of hydrazine groups is 1. The summed E-state index contributed by atoms with van der Waals surface area (Å²) in [5.41, 5.74) is 3.70. The minimum Gasteiger partial charge on any atom is -0.353 e. The number of nitrogen functional groups attached to an aromatic ring is 1. The topological polar surface area (TPSA) is 67.1 Å². The van der Waals surface area contributed by atoms with E-state index in [0.29, 0.717) is 12.0 Å². The normalized spacial score (nSPS) is 16.1. The van der Waals surface area contributed by atoms with Gasteiger partial charge in [-0.15, -0.1) is 0 Å². The molecule has 5 heteroatoms. The predicted octanol–water partition coefficient (Wildman–Crippen LogP) is 2.48. The summed E-state index contributed by atoms with van der Waals surface area (Å²) in [4.78, 5) is 11.1. The number of nitrogens with two attached hydrogens (primary N) is 1. The first-order chi connectivity index (χ1) is 9.13. The molecule has 1 saturated carbocycles. The summed E-state index contributed by atoms with van der Waals surface area (Å²) in [6.45, 7) is 7.57. The molecule has 0 saturated heterocycles. The van der Waals surface area contributed by atoms with Gasteiger partial charge in [-0.25, -0.2) is 15.8 Å². The third kappa shape index (κ3) is 3.15. The highest BCUT2D eigenvalue weighted by Gasteiger charge is 2.26. The fraction of sp³-hybridized carbons (Fsp3) is 0.714. The summed E-state index contributed by atoms with van der Waals surface area (Å²) in [5.74, 6) is 7.88. The highest BCUT2D eigenvalue weighted by atomic mass is 15.3. The maximum absolute atomic E-state index is 5.52. The van der Waals surface area contributed by atoms with Crippen LogP contribution < -0.4 is 16.2 Å². The van der Waals surface area contributed by atoms with Gasteiger partial charge in [0.1, 0.15) is 18.0 Å². The Morgan fingerprint density at radius 1 is 1.37 bits per heavy atom. The summed E-state index contributed by atoms with van der Waals surface area (Å²) >= 11 is 0. The van der Waals surface area contributed by atoms with Crippen molar-refractivity contribution in [1.82, 2.24) is 9.97 Å². The van der Waals surface area contributed by atoms with E-state index in [1.54, 1.807) is 6.33 Å². The number of nitrogens with zero attached hydrogens (tertiary/aromatic N) is 3. The van der Waals surface area contributed by atoms with Crippen LogP contribution in [-0.2, 0) is 0 Å². The first-order valence-electron chi connectivity index (χ1n) is 7.18. The van der Waals surface area contributed by atoms with E-state index in [1.165, 1.54) is 25.7 Å². The lowest BCUT2D eigenvalue weighted by atomic mass is 10.1. The summed E-state index contributed by atoms with van der Waals surface area (Å²) < 4.78 is 0. The standard InChI is InChI=1S/C14H25N5/c1-10(2)8-19(12-6-4-5-7-12)14-11(3)13(18-15)16-9-17-14/h9-10,12H,4-8,15H2,1-3H3,(H,16,17,18). The Balaban J connectivity index is 2.31. The van der Waals surface area contributed by atoms with Gasteiger partial charge in [0.2, 0.25) is 0 Å². The maximum Gasteiger partial charge on any atom is 0.148 e. The van der Waals surface area contributed by atoms with Gasteiger partial charge in [0.25, 0.3) is 0 Å². The minimum absolute atomic E-state index is 0.613. The Kier molecular flexibility index (Phi) is 4.58. The van der Waals surface area contributed by atoms with Crippen LogP contribution in [0.5, 0.6) is 0 Å². The van der Waals surface area contributed by atoms with Crippen molar-refractivity contribution in [2.75, 3.05) is 16.9 Å². The second kappa shape index (κ2) is 6.19. The summed E-state index contributed by atoms with van der Waals surface area (Å²) in [6.07, 6.45) is 6.78. The molecule has 1 aliphatic carbocycles. The highest BCUT2D eigenvalue weighted by Crippen LogP contribution is 2.31. The van der Waals surface area contributed by atoms with Gasteiger partial charge in [0.15, 0.2) is 0 Å². The molecule has 0 bridgehead atoms. The molecule has 106 valence electrons. The third-order valence-corrected chi connectivity index (χ3v) is 3.79. The van der Waals surface area contributed by atoms with Crippen LogP contribution in [0.2, 0.25) is 0 Å². The Hall–Kier alpha value is -1.36.